The second-order valence-corrected chi connectivity index (χ2v) is 12.8. The number of piperidine rings is 1. The van der Waals surface area contributed by atoms with Gasteiger partial charge < -0.3 is 4.90 Å². The number of carbonyl (C=O) groups excluding carboxylic acids is 1. The largest absolute Gasteiger partial charge is 0.308 e. The predicted molar refractivity (Wildman–Crippen MR) is 141 cm³/mol. The molecule has 3 aromatic rings. The molecular formula is C23H26BrClN4O3S2. The summed E-state index contributed by atoms with van der Waals surface area (Å²) in [5.74, 6) is -0.249. The molecule has 0 bridgehead atoms. The van der Waals surface area contributed by atoms with Crippen LogP contribution in [0.4, 0.5) is 5.13 Å². The predicted octanol–water partition coefficient (Wildman–Crippen LogP) is 4.71. The van der Waals surface area contributed by atoms with Gasteiger partial charge in [-0.3, -0.25) is 9.69 Å². The van der Waals surface area contributed by atoms with Crippen molar-refractivity contribution >= 4 is 70.1 Å². The first-order valence-corrected chi connectivity index (χ1v) is 14.4. The van der Waals surface area contributed by atoms with Crippen LogP contribution in [0.1, 0.15) is 12.8 Å². The number of thiazole rings is 1. The van der Waals surface area contributed by atoms with Crippen molar-refractivity contribution in [1.82, 2.24) is 14.2 Å². The van der Waals surface area contributed by atoms with E-state index in [9.17, 15) is 13.2 Å². The molecule has 0 aliphatic carbocycles. The lowest BCUT2D eigenvalue weighted by molar-refractivity contribution is -0.123. The van der Waals surface area contributed by atoms with Crippen LogP contribution in [-0.2, 0) is 14.8 Å². The molecule has 0 radical (unpaired) electrons. The van der Waals surface area contributed by atoms with Crippen LogP contribution < -0.4 is 4.90 Å². The summed E-state index contributed by atoms with van der Waals surface area (Å²) in [5.41, 5.74) is 0.856. The van der Waals surface area contributed by atoms with Crippen molar-refractivity contribution in [2.75, 3.05) is 45.2 Å². The van der Waals surface area contributed by atoms with Gasteiger partial charge in [0.05, 0.1) is 15.1 Å². The summed E-state index contributed by atoms with van der Waals surface area (Å²) in [4.78, 5) is 22.3. The Hall–Kier alpha value is -1.56. The van der Waals surface area contributed by atoms with Gasteiger partial charge in [0.1, 0.15) is 0 Å². The van der Waals surface area contributed by atoms with Crippen LogP contribution in [0.25, 0.3) is 10.2 Å². The van der Waals surface area contributed by atoms with Crippen molar-refractivity contribution in [2.45, 2.75) is 17.7 Å². The second-order valence-electron chi connectivity index (χ2n) is 8.53. The third-order valence-corrected chi connectivity index (χ3v) is 9.56. The van der Waals surface area contributed by atoms with Gasteiger partial charge in [0.25, 0.3) is 0 Å². The average Bonchev–Trinajstić information content (AvgIpc) is 3.22. The first-order chi connectivity index (χ1) is 16.1. The van der Waals surface area contributed by atoms with Gasteiger partial charge >= 0.3 is 0 Å². The Labute approximate surface area is 217 Å². The van der Waals surface area contributed by atoms with Crippen molar-refractivity contribution in [3.63, 3.8) is 0 Å². The molecule has 1 fully saturated rings. The SMILES string of the molecule is CN(C)CCN(C(=O)C1CCN(S(=O)(=O)c2ccc(Cl)cc2)CC1)c1nc2ccc(Br)cc2s1. The second kappa shape index (κ2) is 10.6. The van der Waals surface area contributed by atoms with Gasteiger partial charge in [-0.25, -0.2) is 13.4 Å². The number of hydrogen-bond donors (Lipinski definition) is 0. The lowest BCUT2D eigenvalue weighted by Crippen LogP contribution is -2.46. The standard InChI is InChI=1S/C23H26BrClN4O3S2/c1-27(2)13-14-29(23-26-20-8-3-17(24)15-21(20)33-23)22(30)16-9-11-28(12-10-16)34(31,32)19-6-4-18(25)5-7-19/h3-8,15-16H,9-14H2,1-2H3. The van der Waals surface area contributed by atoms with Crippen LogP contribution in [0, 0.1) is 5.92 Å². The number of nitrogens with zero attached hydrogens (tertiary/aromatic N) is 4. The molecule has 1 aromatic heterocycles. The molecule has 4 rings (SSSR count). The number of sulfonamides is 1. The number of halogens is 2. The highest BCUT2D eigenvalue weighted by Crippen LogP contribution is 2.33. The summed E-state index contributed by atoms with van der Waals surface area (Å²) >= 11 is 10.9. The maximum absolute atomic E-state index is 13.6. The minimum atomic E-state index is -3.61. The van der Waals surface area contributed by atoms with Gasteiger partial charge in [-0.2, -0.15) is 4.31 Å². The Morgan fingerprint density at radius 2 is 1.82 bits per heavy atom. The van der Waals surface area contributed by atoms with E-state index in [1.54, 1.807) is 17.0 Å². The van der Waals surface area contributed by atoms with Crippen molar-refractivity contribution in [3.05, 3.63) is 52.0 Å². The summed E-state index contributed by atoms with van der Waals surface area (Å²) in [6.45, 7) is 1.83. The number of carbonyl (C=O) groups is 1. The van der Waals surface area contributed by atoms with Gasteiger partial charge in [-0.1, -0.05) is 38.9 Å². The molecule has 1 saturated heterocycles. The van der Waals surface area contributed by atoms with E-state index in [4.69, 9.17) is 16.6 Å². The van der Waals surface area contributed by atoms with E-state index in [-0.39, 0.29) is 16.7 Å². The highest BCUT2D eigenvalue weighted by molar-refractivity contribution is 9.10. The third-order valence-electron chi connectivity index (χ3n) is 5.86. The molecule has 0 unspecified atom stereocenters. The van der Waals surface area contributed by atoms with Crippen molar-refractivity contribution in [3.8, 4) is 0 Å². The number of aromatic nitrogens is 1. The maximum Gasteiger partial charge on any atom is 0.243 e. The smallest absolute Gasteiger partial charge is 0.243 e. The molecule has 34 heavy (non-hydrogen) atoms. The highest BCUT2D eigenvalue weighted by atomic mass is 79.9. The molecule has 1 aliphatic heterocycles. The first-order valence-electron chi connectivity index (χ1n) is 10.9. The normalized spacial score (nSPS) is 15.8. The van der Waals surface area contributed by atoms with E-state index in [0.29, 0.717) is 49.2 Å². The van der Waals surface area contributed by atoms with E-state index < -0.39 is 10.0 Å². The van der Waals surface area contributed by atoms with E-state index in [1.165, 1.54) is 27.8 Å². The Morgan fingerprint density at radius 1 is 1.15 bits per heavy atom. The monoisotopic (exact) mass is 584 g/mol. The van der Waals surface area contributed by atoms with Gasteiger partial charge in [0.15, 0.2) is 5.13 Å². The minimum Gasteiger partial charge on any atom is -0.308 e. The number of fused-ring (bicyclic) bond motifs is 1. The number of amides is 1. The molecule has 1 aliphatic rings. The van der Waals surface area contributed by atoms with Crippen LogP contribution in [0.15, 0.2) is 51.8 Å². The number of likely N-dealkylation sites (N-methyl/N-ethyl adjacent to an activating group) is 1. The van der Waals surface area contributed by atoms with Crippen LogP contribution in [0.5, 0.6) is 0 Å². The fourth-order valence-corrected chi connectivity index (χ4v) is 7.07. The van der Waals surface area contributed by atoms with E-state index in [0.717, 1.165) is 14.7 Å². The van der Waals surface area contributed by atoms with Crippen LogP contribution >= 0.6 is 38.9 Å². The number of hydrogen-bond acceptors (Lipinski definition) is 6. The number of benzene rings is 2. The zero-order valence-electron chi connectivity index (χ0n) is 18.9. The summed E-state index contributed by atoms with van der Waals surface area (Å²) in [5, 5.41) is 1.17. The van der Waals surface area contributed by atoms with Gasteiger partial charge in [-0.05, 0) is 69.4 Å². The molecule has 11 heteroatoms. The molecule has 0 saturated carbocycles. The summed E-state index contributed by atoms with van der Waals surface area (Å²) < 4.78 is 29.4. The summed E-state index contributed by atoms with van der Waals surface area (Å²) in [6.07, 6.45) is 0.946. The first kappa shape index (κ1) is 25.5. The molecule has 0 spiro atoms. The van der Waals surface area contributed by atoms with Crippen LogP contribution in [0.3, 0.4) is 0 Å². The van der Waals surface area contributed by atoms with E-state index >= 15 is 0 Å². The Balaban J connectivity index is 1.50. The molecule has 0 atom stereocenters. The Bertz CT molecular complexity index is 1270. The van der Waals surface area contributed by atoms with Crippen LogP contribution in [0.2, 0.25) is 5.02 Å². The van der Waals surface area contributed by atoms with Crippen molar-refractivity contribution < 1.29 is 13.2 Å². The van der Waals surface area contributed by atoms with Gasteiger partial charge in [0, 0.05) is 41.6 Å². The maximum atomic E-state index is 13.6. The quantitative estimate of drug-likeness (QED) is 0.402. The fourth-order valence-electron chi connectivity index (χ4n) is 3.92. The lowest BCUT2D eigenvalue weighted by Gasteiger charge is -2.33. The van der Waals surface area contributed by atoms with Gasteiger partial charge in [-0.15, -0.1) is 0 Å². The fraction of sp³-hybridized carbons (Fsp3) is 0.391. The summed E-state index contributed by atoms with van der Waals surface area (Å²) in [7, 11) is 0.326. The Kier molecular flexibility index (Phi) is 7.95. The molecule has 2 heterocycles. The van der Waals surface area contributed by atoms with E-state index in [1.807, 2.05) is 37.2 Å². The van der Waals surface area contributed by atoms with Gasteiger partial charge in [0.2, 0.25) is 15.9 Å². The molecule has 1 amide bonds. The number of rotatable bonds is 7. The van der Waals surface area contributed by atoms with E-state index in [2.05, 4.69) is 15.9 Å². The van der Waals surface area contributed by atoms with Crippen molar-refractivity contribution in [1.29, 1.82) is 0 Å². The van der Waals surface area contributed by atoms with Crippen molar-refractivity contribution in [2.24, 2.45) is 5.92 Å². The zero-order chi connectivity index (χ0) is 24.5. The molecule has 2 aromatic carbocycles. The zero-order valence-corrected chi connectivity index (χ0v) is 22.9. The molecule has 7 nitrogen and oxygen atoms in total. The average molecular weight is 586 g/mol. The summed E-state index contributed by atoms with van der Waals surface area (Å²) in [6, 6.07) is 12.1. The number of anilines is 1. The molecule has 0 N–H and O–H groups in total. The topological polar surface area (TPSA) is 73.8 Å². The molecular weight excluding hydrogens is 560 g/mol. The molecule has 182 valence electrons. The lowest BCUT2D eigenvalue weighted by atomic mass is 9.96. The third kappa shape index (κ3) is 5.63. The minimum absolute atomic E-state index is 0.00325. The Morgan fingerprint density at radius 3 is 2.47 bits per heavy atom. The highest BCUT2D eigenvalue weighted by Gasteiger charge is 2.35. The van der Waals surface area contributed by atoms with Crippen LogP contribution in [-0.4, -0.2) is 68.8 Å².